The second-order valence-electron chi connectivity index (χ2n) is 5.11. The van der Waals surface area contributed by atoms with Crippen LogP contribution in [0, 0.1) is 0 Å². The summed E-state index contributed by atoms with van der Waals surface area (Å²) < 4.78 is 16.1. The molecule has 0 spiro atoms. The van der Waals surface area contributed by atoms with Gasteiger partial charge in [0.05, 0.1) is 26.7 Å². The first-order valence-electron chi connectivity index (χ1n) is 7.41. The molecule has 0 N–H and O–H groups in total. The van der Waals surface area contributed by atoms with E-state index in [0.717, 1.165) is 39.6 Å². The van der Waals surface area contributed by atoms with Gasteiger partial charge in [0.1, 0.15) is 11.5 Å². The van der Waals surface area contributed by atoms with Crippen LogP contribution in [-0.2, 0) is 0 Å². The number of hydrogen-bond acceptors (Lipinski definition) is 4. The van der Waals surface area contributed by atoms with Crippen molar-refractivity contribution >= 4 is 11.6 Å². The standard InChI is InChI=1S/C19H19NO3/c1-21-14-10-8-13(9-11-14)15-6-4-5-7-16-17(22-2)12-18(23-3)20-19(15)16/h4,6-12H,5H2,1-3H3. The number of ether oxygens (including phenoxy) is 3. The predicted molar refractivity (Wildman–Crippen MR) is 90.3 cm³/mol. The maximum atomic E-state index is 5.52. The maximum Gasteiger partial charge on any atom is 0.217 e. The van der Waals surface area contributed by atoms with Gasteiger partial charge < -0.3 is 14.2 Å². The second-order valence-corrected chi connectivity index (χ2v) is 5.11. The van der Waals surface area contributed by atoms with Crippen LogP contribution in [0.4, 0.5) is 0 Å². The van der Waals surface area contributed by atoms with Gasteiger partial charge in [0, 0.05) is 16.9 Å². The Balaban J connectivity index is 2.32. The van der Waals surface area contributed by atoms with Gasteiger partial charge >= 0.3 is 0 Å². The topological polar surface area (TPSA) is 40.6 Å². The monoisotopic (exact) mass is 309 g/mol. The van der Waals surface area contributed by atoms with Gasteiger partial charge in [0.15, 0.2) is 0 Å². The second kappa shape index (κ2) is 6.57. The number of fused-ring (bicyclic) bond motifs is 1. The highest BCUT2D eigenvalue weighted by Crippen LogP contribution is 2.19. The van der Waals surface area contributed by atoms with Crippen molar-refractivity contribution in [1.29, 1.82) is 0 Å². The Bertz CT molecular complexity index is 851. The van der Waals surface area contributed by atoms with Crippen molar-refractivity contribution in [3.05, 3.63) is 58.6 Å². The highest BCUT2D eigenvalue weighted by molar-refractivity contribution is 5.74. The molecule has 1 heterocycles. The smallest absolute Gasteiger partial charge is 0.217 e. The summed E-state index contributed by atoms with van der Waals surface area (Å²) in [6.45, 7) is 0. The number of benzene rings is 1. The number of methoxy groups -OCH3 is 3. The molecule has 4 heteroatoms. The van der Waals surface area contributed by atoms with Crippen molar-refractivity contribution in [2.24, 2.45) is 0 Å². The minimum absolute atomic E-state index is 0.537. The zero-order chi connectivity index (χ0) is 16.2. The normalized spacial score (nSPS) is 12.9. The Kier molecular flexibility index (Phi) is 4.33. The van der Waals surface area contributed by atoms with E-state index in [0.29, 0.717) is 5.88 Å². The largest absolute Gasteiger partial charge is 0.497 e. The van der Waals surface area contributed by atoms with Gasteiger partial charge in [-0.25, -0.2) is 4.98 Å². The number of hydrogen-bond donors (Lipinski definition) is 0. The third kappa shape index (κ3) is 2.93. The maximum absolute atomic E-state index is 5.52. The number of rotatable bonds is 4. The van der Waals surface area contributed by atoms with E-state index in [4.69, 9.17) is 14.2 Å². The van der Waals surface area contributed by atoms with E-state index >= 15 is 0 Å². The Morgan fingerprint density at radius 3 is 2.39 bits per heavy atom. The first kappa shape index (κ1) is 15.2. The van der Waals surface area contributed by atoms with Gasteiger partial charge in [-0.1, -0.05) is 30.4 Å². The van der Waals surface area contributed by atoms with E-state index in [2.05, 4.69) is 23.2 Å². The summed E-state index contributed by atoms with van der Waals surface area (Å²) in [5, 5.41) is 1.85. The summed E-state index contributed by atoms with van der Waals surface area (Å²) in [5.41, 5.74) is 2.11. The fourth-order valence-electron chi connectivity index (χ4n) is 2.64. The van der Waals surface area contributed by atoms with Crippen molar-refractivity contribution in [3.63, 3.8) is 0 Å². The zero-order valence-electron chi connectivity index (χ0n) is 13.5. The number of nitrogens with zero attached hydrogens (tertiary/aromatic N) is 1. The van der Waals surface area contributed by atoms with Crippen LogP contribution in [-0.4, -0.2) is 26.3 Å². The number of pyridine rings is 1. The van der Waals surface area contributed by atoms with E-state index in [-0.39, 0.29) is 0 Å². The van der Waals surface area contributed by atoms with Crippen LogP contribution in [0.3, 0.4) is 0 Å². The summed E-state index contributed by atoms with van der Waals surface area (Å²) in [6, 6.07) is 9.76. The van der Waals surface area contributed by atoms with E-state index < -0.39 is 0 Å². The molecule has 4 nitrogen and oxygen atoms in total. The summed E-state index contributed by atoms with van der Waals surface area (Å²) in [4.78, 5) is 4.65. The molecular weight excluding hydrogens is 290 g/mol. The fraction of sp³-hybridized carbons (Fsp3) is 0.211. The van der Waals surface area contributed by atoms with E-state index in [1.54, 1.807) is 21.3 Å². The zero-order valence-corrected chi connectivity index (χ0v) is 13.5. The Morgan fingerprint density at radius 1 is 0.957 bits per heavy atom. The van der Waals surface area contributed by atoms with Crippen LogP contribution in [0.1, 0.15) is 12.0 Å². The molecule has 2 aromatic rings. The lowest BCUT2D eigenvalue weighted by atomic mass is 10.0. The minimum atomic E-state index is 0.537. The summed E-state index contributed by atoms with van der Waals surface area (Å²) in [7, 11) is 4.93. The van der Waals surface area contributed by atoms with E-state index in [9.17, 15) is 0 Å². The quantitative estimate of drug-likeness (QED) is 0.867. The van der Waals surface area contributed by atoms with Crippen LogP contribution in [0.25, 0.3) is 11.6 Å². The van der Waals surface area contributed by atoms with Crippen molar-refractivity contribution in [2.75, 3.05) is 21.3 Å². The highest BCUT2D eigenvalue weighted by atomic mass is 16.5. The molecular formula is C19H19NO3. The van der Waals surface area contributed by atoms with Crippen LogP contribution < -0.4 is 24.8 Å². The van der Waals surface area contributed by atoms with Crippen LogP contribution in [0.5, 0.6) is 17.4 Å². The van der Waals surface area contributed by atoms with E-state index in [1.807, 2.05) is 30.3 Å². The van der Waals surface area contributed by atoms with Gasteiger partial charge in [0.2, 0.25) is 5.88 Å². The molecule has 118 valence electrons. The molecule has 1 aromatic heterocycles. The minimum Gasteiger partial charge on any atom is -0.497 e. The molecule has 0 radical (unpaired) electrons. The Morgan fingerprint density at radius 2 is 1.74 bits per heavy atom. The van der Waals surface area contributed by atoms with Crippen molar-refractivity contribution in [2.45, 2.75) is 6.42 Å². The van der Waals surface area contributed by atoms with Crippen molar-refractivity contribution in [1.82, 2.24) is 4.98 Å². The first-order chi connectivity index (χ1) is 11.3. The molecule has 0 bridgehead atoms. The van der Waals surface area contributed by atoms with Crippen LogP contribution >= 0.6 is 0 Å². The Hall–Kier alpha value is -2.75. The van der Waals surface area contributed by atoms with Gasteiger partial charge in [-0.2, -0.15) is 0 Å². The van der Waals surface area contributed by atoms with E-state index in [1.165, 1.54) is 0 Å². The summed E-state index contributed by atoms with van der Waals surface area (Å²) in [5.74, 6) is 2.13. The Labute approximate surface area is 135 Å². The fourth-order valence-corrected chi connectivity index (χ4v) is 2.64. The van der Waals surface area contributed by atoms with Gasteiger partial charge in [0.25, 0.3) is 0 Å². The van der Waals surface area contributed by atoms with Crippen molar-refractivity contribution < 1.29 is 14.2 Å². The molecule has 0 saturated heterocycles. The average molecular weight is 309 g/mol. The lowest BCUT2D eigenvalue weighted by Gasteiger charge is -2.08. The van der Waals surface area contributed by atoms with Gasteiger partial charge in [-0.15, -0.1) is 0 Å². The molecule has 1 aliphatic rings. The van der Waals surface area contributed by atoms with Crippen molar-refractivity contribution in [3.8, 4) is 17.4 Å². The molecule has 0 unspecified atom stereocenters. The number of allylic oxidation sites excluding steroid dienone is 2. The molecule has 0 saturated carbocycles. The lowest BCUT2D eigenvalue weighted by Crippen LogP contribution is -2.32. The molecule has 0 fully saturated rings. The van der Waals surface area contributed by atoms with Gasteiger partial charge in [-0.05, 0) is 24.1 Å². The molecule has 3 rings (SSSR count). The molecule has 0 aliphatic heterocycles. The SMILES string of the molecule is COc1ccc(C2=c3nc(OC)cc(OC)c3=CCC=C2)cc1. The molecule has 1 aromatic carbocycles. The first-order valence-corrected chi connectivity index (χ1v) is 7.41. The summed E-state index contributed by atoms with van der Waals surface area (Å²) >= 11 is 0. The highest BCUT2D eigenvalue weighted by Gasteiger charge is 2.10. The third-order valence-corrected chi connectivity index (χ3v) is 3.82. The van der Waals surface area contributed by atoms with Gasteiger partial charge in [-0.3, -0.25) is 0 Å². The molecule has 1 aliphatic carbocycles. The molecule has 23 heavy (non-hydrogen) atoms. The average Bonchev–Trinajstić information content (AvgIpc) is 2.83. The predicted octanol–water partition coefficient (Wildman–Crippen LogP) is 2.05. The number of aromatic nitrogens is 1. The third-order valence-electron chi connectivity index (χ3n) is 3.82. The summed E-state index contributed by atoms with van der Waals surface area (Å²) in [6.07, 6.45) is 7.16. The lowest BCUT2D eigenvalue weighted by molar-refractivity contribution is 0.378. The van der Waals surface area contributed by atoms with Crippen LogP contribution in [0.15, 0.2) is 42.5 Å². The molecule has 0 atom stereocenters. The van der Waals surface area contributed by atoms with Crippen LogP contribution in [0.2, 0.25) is 0 Å². The molecule has 0 amide bonds.